The maximum Gasteiger partial charge on any atom is 0.305 e. The van der Waals surface area contributed by atoms with Crippen LogP contribution in [0.3, 0.4) is 0 Å². The molecule has 1 atom stereocenters. The van der Waals surface area contributed by atoms with Crippen LogP contribution in [0.1, 0.15) is 29.5 Å². The summed E-state index contributed by atoms with van der Waals surface area (Å²) < 4.78 is 31.8. The summed E-state index contributed by atoms with van der Waals surface area (Å²) in [7, 11) is -3.74. The highest BCUT2D eigenvalue weighted by Crippen LogP contribution is 2.12. The van der Waals surface area contributed by atoms with Gasteiger partial charge in [-0.2, -0.15) is 0 Å². The van der Waals surface area contributed by atoms with E-state index in [0.717, 1.165) is 0 Å². The van der Waals surface area contributed by atoms with Gasteiger partial charge in [-0.3, -0.25) is 9.59 Å². The minimum atomic E-state index is -3.74. The molecule has 9 heteroatoms. The van der Waals surface area contributed by atoms with E-state index in [0.29, 0.717) is 5.76 Å². The van der Waals surface area contributed by atoms with Crippen molar-refractivity contribution in [1.29, 1.82) is 0 Å². The molecule has 1 aromatic carbocycles. The number of carboxylic acids is 1. The molecule has 2 aromatic rings. The second-order valence-corrected chi connectivity index (χ2v) is 7.17. The van der Waals surface area contributed by atoms with Gasteiger partial charge in [-0.25, -0.2) is 13.1 Å². The van der Waals surface area contributed by atoms with Crippen molar-refractivity contribution in [2.45, 2.75) is 30.8 Å². The van der Waals surface area contributed by atoms with E-state index < -0.39 is 27.9 Å². The maximum absolute atomic E-state index is 12.2. The zero-order chi connectivity index (χ0) is 18.4. The molecule has 0 spiro atoms. The number of benzene rings is 1. The Kier molecular flexibility index (Phi) is 5.94. The van der Waals surface area contributed by atoms with Crippen LogP contribution >= 0.6 is 0 Å². The summed E-state index contributed by atoms with van der Waals surface area (Å²) in [5, 5.41) is 11.2. The number of hydrogen-bond donors (Lipinski definition) is 3. The van der Waals surface area contributed by atoms with Crippen molar-refractivity contribution in [2.24, 2.45) is 0 Å². The first-order valence-electron chi connectivity index (χ1n) is 7.42. The van der Waals surface area contributed by atoms with Crippen LogP contribution in [0.2, 0.25) is 0 Å². The third-order valence-electron chi connectivity index (χ3n) is 3.30. The number of furan rings is 1. The molecule has 0 aliphatic carbocycles. The van der Waals surface area contributed by atoms with Gasteiger partial charge in [0.05, 0.1) is 24.1 Å². The number of carbonyl (C=O) groups excluding carboxylic acids is 1. The molecule has 1 unspecified atom stereocenters. The first kappa shape index (κ1) is 18.7. The summed E-state index contributed by atoms with van der Waals surface area (Å²) >= 11 is 0. The number of hydrogen-bond acceptors (Lipinski definition) is 5. The molecule has 0 aliphatic rings. The van der Waals surface area contributed by atoms with E-state index in [1.807, 2.05) is 0 Å². The Labute approximate surface area is 144 Å². The first-order valence-corrected chi connectivity index (χ1v) is 8.91. The standard InChI is InChI=1S/C16H18N2O6S/c1-11(9-15(19)20)18-16(21)12-4-6-14(7-5-12)25(22,23)17-10-13-3-2-8-24-13/h2-8,11,17H,9-10H2,1H3,(H,18,21)(H,19,20). The lowest BCUT2D eigenvalue weighted by molar-refractivity contribution is -0.137. The Morgan fingerprint density at radius 3 is 2.44 bits per heavy atom. The van der Waals surface area contributed by atoms with Gasteiger partial charge in [0, 0.05) is 11.6 Å². The maximum atomic E-state index is 12.2. The van der Waals surface area contributed by atoms with Crippen LogP contribution in [0.4, 0.5) is 0 Å². The highest BCUT2D eigenvalue weighted by Gasteiger charge is 2.16. The van der Waals surface area contributed by atoms with Crippen LogP contribution in [0.15, 0.2) is 52.0 Å². The van der Waals surface area contributed by atoms with Crippen molar-refractivity contribution >= 4 is 21.9 Å². The van der Waals surface area contributed by atoms with Gasteiger partial charge in [0.25, 0.3) is 5.91 Å². The Morgan fingerprint density at radius 1 is 1.20 bits per heavy atom. The van der Waals surface area contributed by atoms with Gasteiger partial charge < -0.3 is 14.8 Å². The van der Waals surface area contributed by atoms with Crippen LogP contribution < -0.4 is 10.0 Å². The molecular weight excluding hydrogens is 348 g/mol. The second kappa shape index (κ2) is 7.95. The summed E-state index contributed by atoms with van der Waals surface area (Å²) in [5.74, 6) is -1.01. The molecule has 0 bridgehead atoms. The zero-order valence-electron chi connectivity index (χ0n) is 13.4. The minimum Gasteiger partial charge on any atom is -0.481 e. The van der Waals surface area contributed by atoms with Gasteiger partial charge in [-0.15, -0.1) is 0 Å². The fraction of sp³-hybridized carbons (Fsp3) is 0.250. The summed E-state index contributed by atoms with van der Waals surface area (Å²) in [4.78, 5) is 22.6. The third-order valence-corrected chi connectivity index (χ3v) is 4.72. The normalized spacial score (nSPS) is 12.5. The largest absolute Gasteiger partial charge is 0.481 e. The van der Waals surface area contributed by atoms with E-state index in [9.17, 15) is 18.0 Å². The zero-order valence-corrected chi connectivity index (χ0v) is 14.2. The van der Waals surface area contributed by atoms with Crippen molar-refractivity contribution in [3.63, 3.8) is 0 Å². The summed E-state index contributed by atoms with van der Waals surface area (Å²) in [6.07, 6.45) is 1.25. The molecule has 2 rings (SSSR count). The average Bonchev–Trinajstić information content (AvgIpc) is 3.06. The molecule has 0 aliphatic heterocycles. The Bertz CT molecular complexity index is 828. The van der Waals surface area contributed by atoms with E-state index >= 15 is 0 Å². The number of nitrogens with one attached hydrogen (secondary N) is 2. The molecule has 3 N–H and O–H groups in total. The van der Waals surface area contributed by atoms with Crippen LogP contribution in [0, 0.1) is 0 Å². The van der Waals surface area contributed by atoms with Gasteiger partial charge in [0.1, 0.15) is 5.76 Å². The lowest BCUT2D eigenvalue weighted by Gasteiger charge is -2.12. The van der Waals surface area contributed by atoms with E-state index in [2.05, 4.69) is 10.0 Å². The average molecular weight is 366 g/mol. The molecule has 134 valence electrons. The molecule has 1 amide bonds. The lowest BCUT2D eigenvalue weighted by atomic mass is 10.2. The van der Waals surface area contributed by atoms with Crippen molar-refractivity contribution in [2.75, 3.05) is 0 Å². The molecule has 8 nitrogen and oxygen atoms in total. The van der Waals surface area contributed by atoms with Crippen molar-refractivity contribution in [3.8, 4) is 0 Å². The number of sulfonamides is 1. The molecule has 25 heavy (non-hydrogen) atoms. The Hall–Kier alpha value is -2.65. The molecular formula is C16H18N2O6S. The molecule has 0 radical (unpaired) electrons. The van der Waals surface area contributed by atoms with E-state index in [1.165, 1.54) is 30.5 Å². The van der Waals surface area contributed by atoms with Crippen LogP contribution in [-0.4, -0.2) is 31.4 Å². The monoisotopic (exact) mass is 366 g/mol. The number of carbonyl (C=O) groups is 2. The first-order chi connectivity index (χ1) is 11.8. The quantitative estimate of drug-likeness (QED) is 0.647. The predicted molar refractivity (Wildman–Crippen MR) is 88.4 cm³/mol. The minimum absolute atomic E-state index is 0.00851. The second-order valence-electron chi connectivity index (χ2n) is 5.40. The van der Waals surface area contributed by atoms with Crippen LogP contribution in [-0.2, 0) is 21.4 Å². The number of carboxylic acid groups (broad SMARTS) is 1. The fourth-order valence-electron chi connectivity index (χ4n) is 2.07. The molecule has 1 aromatic heterocycles. The van der Waals surface area contributed by atoms with Crippen molar-refractivity contribution in [3.05, 3.63) is 54.0 Å². The van der Waals surface area contributed by atoms with Crippen LogP contribution in [0.25, 0.3) is 0 Å². The predicted octanol–water partition coefficient (Wildman–Crippen LogP) is 1.35. The van der Waals surface area contributed by atoms with E-state index in [1.54, 1.807) is 19.1 Å². The van der Waals surface area contributed by atoms with Gasteiger partial charge in [-0.05, 0) is 43.3 Å². The number of aliphatic carboxylic acids is 1. The van der Waals surface area contributed by atoms with Crippen LogP contribution in [0.5, 0.6) is 0 Å². The summed E-state index contributed by atoms with van der Waals surface area (Å²) in [6.45, 7) is 1.59. The lowest BCUT2D eigenvalue weighted by Crippen LogP contribution is -2.34. The van der Waals surface area contributed by atoms with Crippen molar-refractivity contribution < 1.29 is 27.5 Å². The van der Waals surface area contributed by atoms with Gasteiger partial charge in [0.15, 0.2) is 0 Å². The fourth-order valence-corrected chi connectivity index (χ4v) is 3.06. The van der Waals surface area contributed by atoms with Crippen molar-refractivity contribution in [1.82, 2.24) is 10.0 Å². The smallest absolute Gasteiger partial charge is 0.305 e. The molecule has 1 heterocycles. The molecule has 0 saturated carbocycles. The molecule has 0 fully saturated rings. The Balaban J connectivity index is 2.00. The third kappa shape index (κ3) is 5.44. The summed E-state index contributed by atoms with van der Waals surface area (Å²) in [6, 6.07) is 8.11. The Morgan fingerprint density at radius 2 is 1.88 bits per heavy atom. The van der Waals surface area contributed by atoms with E-state index in [-0.39, 0.29) is 23.4 Å². The van der Waals surface area contributed by atoms with Gasteiger partial charge in [0.2, 0.25) is 10.0 Å². The SMILES string of the molecule is CC(CC(=O)O)NC(=O)c1ccc(S(=O)(=O)NCc2ccco2)cc1. The number of rotatable bonds is 8. The number of amides is 1. The topological polar surface area (TPSA) is 126 Å². The van der Waals surface area contributed by atoms with Gasteiger partial charge in [-0.1, -0.05) is 0 Å². The van der Waals surface area contributed by atoms with E-state index in [4.69, 9.17) is 9.52 Å². The molecule has 0 saturated heterocycles. The highest BCUT2D eigenvalue weighted by molar-refractivity contribution is 7.89. The highest BCUT2D eigenvalue weighted by atomic mass is 32.2. The summed E-state index contributed by atoms with van der Waals surface area (Å²) in [5.41, 5.74) is 0.238. The van der Waals surface area contributed by atoms with Gasteiger partial charge >= 0.3 is 5.97 Å².